The van der Waals surface area contributed by atoms with Gasteiger partial charge in [0.15, 0.2) is 0 Å². The molecule has 2 unspecified atom stereocenters. The van der Waals surface area contributed by atoms with Gasteiger partial charge in [0.2, 0.25) is 5.91 Å². The van der Waals surface area contributed by atoms with Gasteiger partial charge >= 0.3 is 0 Å². The molecule has 7 heteroatoms. The summed E-state index contributed by atoms with van der Waals surface area (Å²) in [7, 11) is 0. The van der Waals surface area contributed by atoms with Crippen LogP contribution in [0.15, 0.2) is 0 Å². The molecule has 0 radical (unpaired) electrons. The van der Waals surface area contributed by atoms with E-state index >= 15 is 0 Å². The third-order valence-corrected chi connectivity index (χ3v) is 3.63. The molecule has 5 nitrogen and oxygen atoms in total. The predicted octanol–water partition coefficient (Wildman–Crippen LogP) is 0.666. The summed E-state index contributed by atoms with van der Waals surface area (Å²) >= 11 is 0. The zero-order valence-corrected chi connectivity index (χ0v) is 13.7. The topological polar surface area (TPSA) is 53.6 Å². The highest BCUT2D eigenvalue weighted by molar-refractivity contribution is 5.85. The van der Waals surface area contributed by atoms with Crippen molar-refractivity contribution in [1.29, 1.82) is 0 Å². The van der Waals surface area contributed by atoms with E-state index in [2.05, 4.69) is 22.5 Å². The van der Waals surface area contributed by atoms with Gasteiger partial charge in [-0.1, -0.05) is 6.92 Å². The van der Waals surface area contributed by atoms with Gasteiger partial charge in [-0.3, -0.25) is 4.79 Å². The van der Waals surface area contributed by atoms with E-state index in [-0.39, 0.29) is 36.8 Å². The number of nitrogens with zero attached hydrogens (tertiary/aromatic N) is 1. The Kier molecular flexibility index (Phi) is 10.6. The molecule has 0 aliphatic carbocycles. The molecule has 0 aromatic rings. The van der Waals surface area contributed by atoms with E-state index in [1.54, 1.807) is 0 Å². The first-order valence-corrected chi connectivity index (χ1v) is 7.07. The fourth-order valence-electron chi connectivity index (χ4n) is 2.60. The number of hydrogen-bond donors (Lipinski definition) is 2. The van der Waals surface area contributed by atoms with Gasteiger partial charge in [-0.2, -0.15) is 0 Å². The number of likely N-dealkylation sites (tertiary alicyclic amines) is 1. The summed E-state index contributed by atoms with van der Waals surface area (Å²) < 4.78 is 5.29. The zero-order valence-electron chi connectivity index (χ0n) is 12.1. The Balaban J connectivity index is 0.00000180. The summed E-state index contributed by atoms with van der Waals surface area (Å²) in [6.45, 7) is 8.45. The monoisotopic (exact) mass is 327 g/mol. The van der Waals surface area contributed by atoms with E-state index in [0.29, 0.717) is 19.1 Å². The second kappa shape index (κ2) is 10.6. The molecule has 2 fully saturated rings. The van der Waals surface area contributed by atoms with Crippen LogP contribution in [0.4, 0.5) is 0 Å². The van der Waals surface area contributed by atoms with Crippen molar-refractivity contribution < 1.29 is 9.53 Å². The van der Waals surface area contributed by atoms with Crippen LogP contribution in [0.3, 0.4) is 0 Å². The average Bonchev–Trinajstić information content (AvgIpc) is 2.90. The molecule has 0 aromatic carbocycles. The van der Waals surface area contributed by atoms with Gasteiger partial charge < -0.3 is 20.3 Å². The molecule has 2 atom stereocenters. The molecule has 0 bridgehead atoms. The maximum absolute atomic E-state index is 11.9. The summed E-state index contributed by atoms with van der Waals surface area (Å²) in [6.07, 6.45) is 2.64. The van der Waals surface area contributed by atoms with Gasteiger partial charge in [0, 0.05) is 19.6 Å². The van der Waals surface area contributed by atoms with Gasteiger partial charge in [0.1, 0.15) is 6.04 Å². The normalized spacial score (nSPS) is 24.4. The van der Waals surface area contributed by atoms with Crippen LogP contribution in [0.1, 0.15) is 19.8 Å². The van der Waals surface area contributed by atoms with E-state index in [1.807, 2.05) is 0 Å². The van der Waals surface area contributed by atoms with E-state index in [0.717, 1.165) is 19.6 Å². The van der Waals surface area contributed by atoms with Crippen LogP contribution < -0.4 is 10.6 Å². The van der Waals surface area contributed by atoms with Gasteiger partial charge in [0.05, 0.1) is 13.2 Å². The van der Waals surface area contributed by atoms with Crippen molar-refractivity contribution in [2.75, 3.05) is 45.9 Å². The Morgan fingerprint density at radius 1 is 1.40 bits per heavy atom. The van der Waals surface area contributed by atoms with E-state index in [4.69, 9.17) is 4.74 Å². The molecule has 2 rings (SSSR count). The third-order valence-electron chi connectivity index (χ3n) is 3.63. The summed E-state index contributed by atoms with van der Waals surface area (Å²) in [5.41, 5.74) is 0. The zero-order chi connectivity index (χ0) is 12.8. The number of halogens is 2. The van der Waals surface area contributed by atoms with Crippen molar-refractivity contribution in [3.05, 3.63) is 0 Å². The van der Waals surface area contributed by atoms with E-state index < -0.39 is 0 Å². The van der Waals surface area contributed by atoms with Crippen molar-refractivity contribution in [3.8, 4) is 0 Å². The number of nitrogens with one attached hydrogen (secondary N) is 2. The molecule has 1 amide bonds. The Labute approximate surface area is 134 Å². The molecule has 0 aromatic heterocycles. The van der Waals surface area contributed by atoms with E-state index in [1.165, 1.54) is 25.9 Å². The lowest BCUT2D eigenvalue weighted by atomic mass is 10.1. The number of carbonyl (C=O) groups is 1. The van der Waals surface area contributed by atoms with Crippen LogP contribution in [0.2, 0.25) is 0 Å². The molecule has 2 heterocycles. The second-order valence-electron chi connectivity index (χ2n) is 5.44. The van der Waals surface area contributed by atoms with Crippen LogP contribution in [-0.2, 0) is 9.53 Å². The number of hydrogen-bond acceptors (Lipinski definition) is 4. The summed E-state index contributed by atoms with van der Waals surface area (Å²) in [6, 6.07) is -0.169. The van der Waals surface area contributed by atoms with Crippen molar-refractivity contribution in [2.45, 2.75) is 25.8 Å². The Bertz CT molecular complexity index is 270. The molecule has 2 aliphatic heterocycles. The molecular formula is C13H27Cl2N3O2. The van der Waals surface area contributed by atoms with Gasteiger partial charge in [-0.25, -0.2) is 0 Å². The van der Waals surface area contributed by atoms with Crippen LogP contribution >= 0.6 is 24.8 Å². The molecule has 2 N–H and O–H groups in total. The summed E-state index contributed by atoms with van der Waals surface area (Å²) in [5, 5.41) is 6.19. The maximum atomic E-state index is 11.9. The molecule has 120 valence electrons. The Morgan fingerprint density at radius 2 is 2.10 bits per heavy atom. The minimum absolute atomic E-state index is 0. The first-order chi connectivity index (χ1) is 8.75. The Morgan fingerprint density at radius 3 is 2.70 bits per heavy atom. The molecular weight excluding hydrogens is 301 g/mol. The lowest BCUT2D eigenvalue weighted by Gasteiger charge is -2.25. The fraction of sp³-hybridized carbons (Fsp3) is 0.923. The second-order valence-corrected chi connectivity index (χ2v) is 5.44. The third kappa shape index (κ3) is 6.59. The van der Waals surface area contributed by atoms with Crippen molar-refractivity contribution in [1.82, 2.24) is 15.5 Å². The quantitative estimate of drug-likeness (QED) is 0.779. The van der Waals surface area contributed by atoms with Gasteiger partial charge in [0.25, 0.3) is 0 Å². The summed E-state index contributed by atoms with van der Waals surface area (Å²) in [4.78, 5) is 14.4. The van der Waals surface area contributed by atoms with Crippen LogP contribution in [0.5, 0.6) is 0 Å². The van der Waals surface area contributed by atoms with Gasteiger partial charge in [-0.05, 0) is 31.8 Å². The van der Waals surface area contributed by atoms with Gasteiger partial charge in [-0.15, -0.1) is 24.8 Å². The van der Waals surface area contributed by atoms with E-state index in [9.17, 15) is 4.79 Å². The highest BCUT2D eigenvalue weighted by atomic mass is 35.5. The predicted molar refractivity (Wildman–Crippen MR) is 85.0 cm³/mol. The number of carbonyl (C=O) groups excluding carboxylic acids is 1. The molecule has 0 saturated carbocycles. The summed E-state index contributed by atoms with van der Waals surface area (Å²) in [5.74, 6) is 0.583. The van der Waals surface area contributed by atoms with Crippen LogP contribution in [0.25, 0.3) is 0 Å². The minimum atomic E-state index is -0.169. The SMILES string of the molecule is CC(CNC(=O)C1COCCN1)CN1CCCC1.Cl.Cl. The first-order valence-electron chi connectivity index (χ1n) is 7.07. The molecule has 0 spiro atoms. The Hall–Kier alpha value is -0.0700. The lowest BCUT2D eigenvalue weighted by Crippen LogP contribution is -2.52. The lowest BCUT2D eigenvalue weighted by molar-refractivity contribution is -0.126. The highest BCUT2D eigenvalue weighted by Crippen LogP contribution is 2.09. The molecule has 2 saturated heterocycles. The standard InChI is InChI=1S/C13H25N3O2.2ClH/c1-11(9-16-5-2-3-6-16)8-15-13(17)12-10-18-7-4-14-12;;/h11-12,14H,2-10H2,1H3,(H,15,17);2*1H. The first kappa shape index (κ1) is 19.9. The largest absolute Gasteiger partial charge is 0.378 e. The minimum Gasteiger partial charge on any atom is -0.378 e. The number of morpholine rings is 1. The molecule has 20 heavy (non-hydrogen) atoms. The van der Waals surface area contributed by atoms with Crippen molar-refractivity contribution >= 4 is 30.7 Å². The number of rotatable bonds is 5. The molecule has 2 aliphatic rings. The number of ether oxygens (including phenoxy) is 1. The smallest absolute Gasteiger partial charge is 0.239 e. The highest BCUT2D eigenvalue weighted by Gasteiger charge is 2.21. The van der Waals surface area contributed by atoms with Crippen LogP contribution in [-0.4, -0.2) is 62.8 Å². The average molecular weight is 328 g/mol. The maximum Gasteiger partial charge on any atom is 0.239 e. The van der Waals surface area contributed by atoms with Crippen molar-refractivity contribution in [3.63, 3.8) is 0 Å². The number of amides is 1. The fourth-order valence-corrected chi connectivity index (χ4v) is 2.60. The van der Waals surface area contributed by atoms with Crippen LogP contribution in [0, 0.1) is 5.92 Å². The van der Waals surface area contributed by atoms with Crippen molar-refractivity contribution in [2.24, 2.45) is 5.92 Å².